The summed E-state index contributed by atoms with van der Waals surface area (Å²) >= 11 is 0. The van der Waals surface area contributed by atoms with Crippen molar-refractivity contribution in [3.8, 4) is 0 Å². The Morgan fingerprint density at radius 2 is 2.00 bits per heavy atom. The maximum atomic E-state index is 5.56. The molecule has 0 amide bonds. The van der Waals surface area contributed by atoms with E-state index in [-0.39, 0.29) is 0 Å². The minimum absolute atomic E-state index is 0.554. The number of nitrogens with zero attached hydrogens (tertiary/aromatic N) is 3. The highest BCUT2D eigenvalue weighted by atomic mass is 16.5. The van der Waals surface area contributed by atoms with Gasteiger partial charge in [-0.05, 0) is 5.92 Å². The summed E-state index contributed by atoms with van der Waals surface area (Å²) in [5.74, 6) is 1.26. The summed E-state index contributed by atoms with van der Waals surface area (Å²) < 4.78 is 5.08. The van der Waals surface area contributed by atoms with Gasteiger partial charge in [-0.3, -0.25) is 0 Å². The van der Waals surface area contributed by atoms with Crippen LogP contribution in [0.1, 0.15) is 13.8 Å². The molecule has 5 nitrogen and oxygen atoms in total. The molecule has 1 rings (SSSR count). The van der Waals surface area contributed by atoms with E-state index in [1.54, 1.807) is 19.5 Å². The highest BCUT2D eigenvalue weighted by Gasteiger charge is 2.10. The van der Waals surface area contributed by atoms with Crippen molar-refractivity contribution in [2.24, 2.45) is 5.92 Å². The highest BCUT2D eigenvalue weighted by molar-refractivity contribution is 5.37. The van der Waals surface area contributed by atoms with Crippen LogP contribution < -0.4 is 10.6 Å². The molecular weight excluding hydrogens is 204 g/mol. The number of rotatable bonds is 6. The van der Waals surface area contributed by atoms with Gasteiger partial charge in [0, 0.05) is 20.2 Å². The first-order chi connectivity index (χ1) is 7.63. The van der Waals surface area contributed by atoms with Crippen LogP contribution in [-0.2, 0) is 4.74 Å². The van der Waals surface area contributed by atoms with Crippen molar-refractivity contribution in [3.63, 3.8) is 0 Å². The number of hydrogen-bond acceptors (Lipinski definition) is 5. The molecule has 0 unspecified atom stereocenters. The van der Waals surface area contributed by atoms with E-state index < -0.39 is 0 Å². The first-order valence-electron chi connectivity index (χ1n) is 5.45. The number of methoxy groups -OCH3 is 1. The minimum atomic E-state index is 0.554. The molecule has 5 heteroatoms. The van der Waals surface area contributed by atoms with Crippen LogP contribution in [-0.4, -0.2) is 36.8 Å². The fourth-order valence-electron chi connectivity index (χ4n) is 1.41. The van der Waals surface area contributed by atoms with Gasteiger partial charge < -0.3 is 15.4 Å². The second-order valence-corrected chi connectivity index (χ2v) is 4.15. The third-order valence-electron chi connectivity index (χ3n) is 2.09. The van der Waals surface area contributed by atoms with Crippen LogP contribution in [0, 0.1) is 5.92 Å². The average molecular weight is 224 g/mol. The largest absolute Gasteiger partial charge is 0.396 e. The smallest absolute Gasteiger partial charge is 0.225 e. The van der Waals surface area contributed by atoms with E-state index in [0.29, 0.717) is 24.2 Å². The monoisotopic (exact) mass is 224 g/mol. The van der Waals surface area contributed by atoms with Crippen LogP contribution in [0.3, 0.4) is 0 Å². The fourth-order valence-corrected chi connectivity index (χ4v) is 1.41. The van der Waals surface area contributed by atoms with Gasteiger partial charge in [0.1, 0.15) is 0 Å². The summed E-state index contributed by atoms with van der Waals surface area (Å²) in [6, 6.07) is 0. The van der Waals surface area contributed by atoms with Gasteiger partial charge in [0.25, 0.3) is 0 Å². The lowest BCUT2D eigenvalue weighted by atomic mass is 10.2. The molecule has 0 spiro atoms. The third kappa shape index (κ3) is 4.02. The number of ether oxygens (including phenoxy) is 1. The standard InChI is InChI=1S/C11H20N4O/c1-9(2)8-15(4-5-16-3)11-13-6-10(12)7-14-11/h6-7,9H,4-5,8,12H2,1-3H3. The Kier molecular flexibility index (Phi) is 4.98. The van der Waals surface area contributed by atoms with E-state index in [1.807, 2.05) is 0 Å². The molecular formula is C11H20N4O. The van der Waals surface area contributed by atoms with Crippen LogP contribution >= 0.6 is 0 Å². The van der Waals surface area contributed by atoms with Crippen molar-refractivity contribution >= 4 is 11.6 Å². The summed E-state index contributed by atoms with van der Waals surface area (Å²) in [6.07, 6.45) is 3.25. The third-order valence-corrected chi connectivity index (χ3v) is 2.09. The Labute approximate surface area is 96.6 Å². The normalized spacial score (nSPS) is 10.8. The average Bonchev–Trinajstić information content (AvgIpc) is 2.25. The van der Waals surface area contributed by atoms with Crippen LogP contribution in [0.25, 0.3) is 0 Å². The van der Waals surface area contributed by atoms with E-state index in [4.69, 9.17) is 10.5 Å². The van der Waals surface area contributed by atoms with Crippen LogP contribution in [0.2, 0.25) is 0 Å². The quantitative estimate of drug-likeness (QED) is 0.785. The zero-order valence-electron chi connectivity index (χ0n) is 10.2. The molecule has 1 heterocycles. The van der Waals surface area contributed by atoms with Gasteiger partial charge >= 0.3 is 0 Å². The van der Waals surface area contributed by atoms with Gasteiger partial charge in [-0.15, -0.1) is 0 Å². The molecule has 0 aliphatic rings. The molecule has 0 atom stereocenters. The molecule has 0 aliphatic carbocycles. The molecule has 0 fully saturated rings. The van der Waals surface area contributed by atoms with Gasteiger partial charge in [-0.1, -0.05) is 13.8 Å². The molecule has 2 N–H and O–H groups in total. The molecule has 0 saturated heterocycles. The predicted molar refractivity (Wildman–Crippen MR) is 65.4 cm³/mol. The summed E-state index contributed by atoms with van der Waals surface area (Å²) in [5, 5.41) is 0. The van der Waals surface area contributed by atoms with Crippen molar-refractivity contribution in [3.05, 3.63) is 12.4 Å². The molecule has 0 aliphatic heterocycles. The Bertz CT molecular complexity index is 299. The summed E-state index contributed by atoms with van der Waals surface area (Å²) in [7, 11) is 1.69. The predicted octanol–water partition coefficient (Wildman–Crippen LogP) is 1.17. The zero-order chi connectivity index (χ0) is 12.0. The van der Waals surface area contributed by atoms with Crippen molar-refractivity contribution < 1.29 is 4.74 Å². The van der Waals surface area contributed by atoms with Gasteiger partial charge in [0.15, 0.2) is 0 Å². The van der Waals surface area contributed by atoms with E-state index in [2.05, 4.69) is 28.7 Å². The molecule has 1 aromatic rings. The Morgan fingerprint density at radius 3 is 2.50 bits per heavy atom. The SMILES string of the molecule is COCCN(CC(C)C)c1ncc(N)cn1. The molecule has 90 valence electrons. The first-order valence-corrected chi connectivity index (χ1v) is 5.45. The van der Waals surface area contributed by atoms with E-state index in [1.165, 1.54) is 0 Å². The van der Waals surface area contributed by atoms with Crippen molar-refractivity contribution in [2.75, 3.05) is 37.4 Å². The molecule has 16 heavy (non-hydrogen) atoms. The summed E-state index contributed by atoms with van der Waals surface area (Å²) in [6.45, 7) is 6.69. The maximum Gasteiger partial charge on any atom is 0.225 e. The van der Waals surface area contributed by atoms with Crippen LogP contribution in [0.15, 0.2) is 12.4 Å². The Morgan fingerprint density at radius 1 is 1.38 bits per heavy atom. The van der Waals surface area contributed by atoms with E-state index >= 15 is 0 Å². The second-order valence-electron chi connectivity index (χ2n) is 4.15. The molecule has 1 aromatic heterocycles. The number of aromatic nitrogens is 2. The fraction of sp³-hybridized carbons (Fsp3) is 0.636. The van der Waals surface area contributed by atoms with Gasteiger partial charge in [0.2, 0.25) is 5.95 Å². The molecule has 0 saturated carbocycles. The van der Waals surface area contributed by atoms with Gasteiger partial charge in [-0.2, -0.15) is 0 Å². The zero-order valence-corrected chi connectivity index (χ0v) is 10.2. The van der Waals surface area contributed by atoms with E-state index in [0.717, 1.165) is 13.1 Å². The number of hydrogen-bond donors (Lipinski definition) is 1. The van der Waals surface area contributed by atoms with Crippen molar-refractivity contribution in [2.45, 2.75) is 13.8 Å². The summed E-state index contributed by atoms with van der Waals surface area (Å²) in [4.78, 5) is 10.5. The topological polar surface area (TPSA) is 64.3 Å². The number of nitrogen functional groups attached to an aromatic ring is 1. The maximum absolute atomic E-state index is 5.56. The lowest BCUT2D eigenvalue weighted by molar-refractivity contribution is 0.204. The van der Waals surface area contributed by atoms with E-state index in [9.17, 15) is 0 Å². The Hall–Kier alpha value is -1.36. The van der Waals surface area contributed by atoms with Gasteiger partial charge in [-0.25, -0.2) is 9.97 Å². The van der Waals surface area contributed by atoms with Crippen molar-refractivity contribution in [1.29, 1.82) is 0 Å². The Balaban J connectivity index is 2.70. The molecule has 0 radical (unpaired) electrons. The summed E-state index contributed by atoms with van der Waals surface area (Å²) in [5.41, 5.74) is 6.14. The lowest BCUT2D eigenvalue weighted by Crippen LogP contribution is -2.32. The van der Waals surface area contributed by atoms with Crippen molar-refractivity contribution in [1.82, 2.24) is 9.97 Å². The number of nitrogens with two attached hydrogens (primary N) is 1. The molecule has 0 aromatic carbocycles. The first kappa shape index (κ1) is 12.7. The van der Waals surface area contributed by atoms with Gasteiger partial charge in [0.05, 0.1) is 24.7 Å². The lowest BCUT2D eigenvalue weighted by Gasteiger charge is -2.23. The highest BCUT2D eigenvalue weighted by Crippen LogP contribution is 2.10. The minimum Gasteiger partial charge on any atom is -0.396 e. The number of anilines is 2. The van der Waals surface area contributed by atoms with Crippen LogP contribution in [0.5, 0.6) is 0 Å². The van der Waals surface area contributed by atoms with Crippen LogP contribution in [0.4, 0.5) is 11.6 Å². The second kappa shape index (κ2) is 6.27. The molecule has 0 bridgehead atoms.